The maximum absolute atomic E-state index is 13.5. The van der Waals surface area contributed by atoms with Crippen molar-refractivity contribution in [2.24, 2.45) is 5.10 Å². The van der Waals surface area contributed by atoms with Gasteiger partial charge >= 0.3 is 0 Å². The molecule has 0 saturated carbocycles. The van der Waals surface area contributed by atoms with Crippen molar-refractivity contribution in [2.45, 2.75) is 5.92 Å². The van der Waals surface area contributed by atoms with Crippen molar-refractivity contribution in [3.8, 4) is 5.69 Å². The predicted octanol–water partition coefficient (Wildman–Crippen LogP) is 4.13. The standard InChI is InChI=1S/C23H17ClN4O/c24-18-11-5-7-13-20(18)28-22(26-19-12-6-4-10-16(19)23(28)29)21-17(14-25-27-21)15-8-2-1-3-9-15/h1-13,17,25H,14H2. The zero-order valence-electron chi connectivity index (χ0n) is 15.4. The minimum absolute atomic E-state index is 0.0157. The van der Waals surface area contributed by atoms with Gasteiger partial charge in [0.2, 0.25) is 0 Å². The van der Waals surface area contributed by atoms with E-state index in [0.29, 0.717) is 34.0 Å². The molecule has 0 spiro atoms. The van der Waals surface area contributed by atoms with Gasteiger partial charge in [-0.05, 0) is 29.8 Å². The molecule has 29 heavy (non-hydrogen) atoms. The molecule has 1 aliphatic heterocycles. The van der Waals surface area contributed by atoms with Gasteiger partial charge in [0.15, 0.2) is 5.82 Å². The highest BCUT2D eigenvalue weighted by atomic mass is 35.5. The molecular formula is C23H17ClN4O. The number of rotatable bonds is 3. The number of hydrazone groups is 1. The smallest absolute Gasteiger partial charge is 0.266 e. The number of benzene rings is 3. The highest BCUT2D eigenvalue weighted by Crippen LogP contribution is 2.27. The van der Waals surface area contributed by atoms with Gasteiger partial charge in [-0.1, -0.05) is 66.2 Å². The molecule has 1 aromatic heterocycles. The quantitative estimate of drug-likeness (QED) is 0.562. The van der Waals surface area contributed by atoms with E-state index in [9.17, 15) is 4.79 Å². The lowest BCUT2D eigenvalue weighted by Crippen LogP contribution is -2.29. The number of halogens is 1. The van der Waals surface area contributed by atoms with Crippen LogP contribution < -0.4 is 11.0 Å². The molecule has 4 aromatic rings. The second-order valence-corrected chi connectivity index (χ2v) is 7.27. The topological polar surface area (TPSA) is 59.3 Å². The summed E-state index contributed by atoms with van der Waals surface area (Å²) in [5, 5.41) is 5.55. The molecule has 5 rings (SSSR count). The Labute approximate surface area is 172 Å². The fourth-order valence-electron chi connectivity index (χ4n) is 3.72. The summed E-state index contributed by atoms with van der Waals surface area (Å²) >= 11 is 6.47. The minimum Gasteiger partial charge on any atom is -0.309 e. The van der Waals surface area contributed by atoms with Crippen molar-refractivity contribution in [1.82, 2.24) is 15.0 Å². The van der Waals surface area contributed by atoms with Crippen LogP contribution in [0.15, 0.2) is 88.8 Å². The third-order valence-corrected chi connectivity index (χ3v) is 5.44. The second kappa shape index (κ2) is 7.18. The van der Waals surface area contributed by atoms with Crippen LogP contribution in [-0.2, 0) is 0 Å². The normalized spacial score (nSPS) is 15.9. The Morgan fingerprint density at radius 2 is 1.66 bits per heavy atom. The van der Waals surface area contributed by atoms with Crippen LogP contribution in [0, 0.1) is 0 Å². The monoisotopic (exact) mass is 400 g/mol. The van der Waals surface area contributed by atoms with Crippen LogP contribution in [0.2, 0.25) is 5.02 Å². The number of nitrogens with zero attached hydrogens (tertiary/aromatic N) is 3. The molecule has 3 aromatic carbocycles. The minimum atomic E-state index is -0.167. The Morgan fingerprint density at radius 3 is 2.48 bits per heavy atom. The molecule has 5 nitrogen and oxygen atoms in total. The van der Waals surface area contributed by atoms with E-state index < -0.39 is 0 Å². The van der Waals surface area contributed by atoms with Gasteiger partial charge in [0.05, 0.1) is 27.5 Å². The maximum Gasteiger partial charge on any atom is 0.266 e. The van der Waals surface area contributed by atoms with Gasteiger partial charge < -0.3 is 5.43 Å². The zero-order chi connectivity index (χ0) is 19.8. The van der Waals surface area contributed by atoms with E-state index in [1.807, 2.05) is 54.6 Å². The summed E-state index contributed by atoms with van der Waals surface area (Å²) in [5.41, 5.74) is 5.98. The maximum atomic E-state index is 13.5. The molecule has 1 unspecified atom stereocenters. The molecule has 2 heterocycles. The molecular weight excluding hydrogens is 384 g/mol. The first-order chi connectivity index (χ1) is 14.2. The molecule has 0 radical (unpaired) electrons. The fourth-order valence-corrected chi connectivity index (χ4v) is 3.94. The number of nitrogens with one attached hydrogen (secondary N) is 1. The summed E-state index contributed by atoms with van der Waals surface area (Å²) in [7, 11) is 0. The van der Waals surface area contributed by atoms with Crippen molar-refractivity contribution in [2.75, 3.05) is 6.54 Å². The van der Waals surface area contributed by atoms with Gasteiger partial charge in [0.25, 0.3) is 5.56 Å². The van der Waals surface area contributed by atoms with Gasteiger partial charge in [-0.2, -0.15) is 5.10 Å². The average Bonchev–Trinajstić information content (AvgIpc) is 3.25. The summed E-state index contributed by atoms with van der Waals surface area (Å²) in [6.07, 6.45) is 0. The van der Waals surface area contributed by atoms with Gasteiger partial charge in [-0.25, -0.2) is 4.98 Å². The second-order valence-electron chi connectivity index (χ2n) is 6.87. The first kappa shape index (κ1) is 17.6. The number of fused-ring (bicyclic) bond motifs is 1. The fraction of sp³-hybridized carbons (Fsp3) is 0.0870. The molecule has 0 saturated heterocycles. The van der Waals surface area contributed by atoms with Crippen LogP contribution in [0.1, 0.15) is 17.3 Å². The number of aromatic nitrogens is 2. The number of hydrogen-bond acceptors (Lipinski definition) is 4. The van der Waals surface area contributed by atoms with Crippen molar-refractivity contribution < 1.29 is 0 Å². The lowest BCUT2D eigenvalue weighted by atomic mass is 9.94. The number of hydrogen-bond donors (Lipinski definition) is 1. The Balaban J connectivity index is 1.80. The van der Waals surface area contributed by atoms with Crippen LogP contribution in [0.3, 0.4) is 0 Å². The van der Waals surface area contributed by atoms with Crippen molar-refractivity contribution in [3.63, 3.8) is 0 Å². The molecule has 0 bridgehead atoms. The highest BCUT2D eigenvalue weighted by Gasteiger charge is 2.29. The van der Waals surface area contributed by atoms with E-state index in [2.05, 4.69) is 22.7 Å². The summed E-state index contributed by atoms with van der Waals surface area (Å²) in [6, 6.07) is 24.7. The van der Waals surface area contributed by atoms with E-state index in [1.165, 1.54) is 0 Å². The summed E-state index contributed by atoms with van der Waals surface area (Å²) in [5.74, 6) is 0.485. The molecule has 0 fully saturated rings. The first-order valence-corrected chi connectivity index (χ1v) is 9.74. The molecule has 1 atom stereocenters. The van der Waals surface area contributed by atoms with E-state index in [4.69, 9.17) is 16.6 Å². The molecule has 1 aliphatic rings. The molecule has 142 valence electrons. The van der Waals surface area contributed by atoms with Gasteiger partial charge in [0.1, 0.15) is 5.71 Å². The van der Waals surface area contributed by atoms with Crippen molar-refractivity contribution >= 4 is 28.2 Å². The Hall–Kier alpha value is -3.44. The zero-order valence-corrected chi connectivity index (χ0v) is 16.2. The lowest BCUT2D eigenvalue weighted by Gasteiger charge is -2.18. The predicted molar refractivity (Wildman–Crippen MR) is 116 cm³/mol. The van der Waals surface area contributed by atoms with Gasteiger partial charge in [-0.15, -0.1) is 0 Å². The molecule has 0 aliphatic carbocycles. The van der Waals surface area contributed by atoms with E-state index >= 15 is 0 Å². The molecule has 0 amide bonds. The average molecular weight is 401 g/mol. The van der Waals surface area contributed by atoms with Gasteiger partial charge in [-0.3, -0.25) is 9.36 Å². The van der Waals surface area contributed by atoms with Crippen LogP contribution in [-0.4, -0.2) is 21.8 Å². The lowest BCUT2D eigenvalue weighted by molar-refractivity contribution is 0.763. The SMILES string of the molecule is O=c1c2ccccc2nc(C2=NNCC2c2ccccc2)n1-c1ccccc1Cl. The summed E-state index contributed by atoms with van der Waals surface area (Å²) < 4.78 is 1.58. The highest BCUT2D eigenvalue weighted by molar-refractivity contribution is 6.32. The van der Waals surface area contributed by atoms with Gasteiger partial charge in [0, 0.05) is 6.54 Å². The largest absolute Gasteiger partial charge is 0.309 e. The number of para-hydroxylation sites is 2. The van der Waals surface area contributed by atoms with Crippen molar-refractivity contribution in [3.05, 3.63) is 106 Å². The third-order valence-electron chi connectivity index (χ3n) is 5.13. The molecule has 1 N–H and O–H groups in total. The summed E-state index contributed by atoms with van der Waals surface area (Å²) in [6.45, 7) is 0.643. The van der Waals surface area contributed by atoms with Crippen LogP contribution in [0.25, 0.3) is 16.6 Å². The van der Waals surface area contributed by atoms with E-state index in [1.54, 1.807) is 16.7 Å². The van der Waals surface area contributed by atoms with Crippen molar-refractivity contribution in [1.29, 1.82) is 0 Å². The first-order valence-electron chi connectivity index (χ1n) is 9.36. The molecule has 6 heteroatoms. The van der Waals surface area contributed by atoms with E-state index in [0.717, 1.165) is 11.3 Å². The third kappa shape index (κ3) is 3.00. The Bertz CT molecular complexity index is 1300. The summed E-state index contributed by atoms with van der Waals surface area (Å²) in [4.78, 5) is 18.3. The van der Waals surface area contributed by atoms with Crippen LogP contribution in [0.5, 0.6) is 0 Å². The van der Waals surface area contributed by atoms with Crippen LogP contribution in [0.4, 0.5) is 0 Å². The van der Waals surface area contributed by atoms with Crippen LogP contribution >= 0.6 is 11.6 Å². The Morgan fingerprint density at radius 1 is 0.931 bits per heavy atom. The Kier molecular flexibility index (Phi) is 4.37. The van der Waals surface area contributed by atoms with E-state index in [-0.39, 0.29) is 11.5 Å².